The van der Waals surface area contributed by atoms with Crippen molar-refractivity contribution in [1.29, 1.82) is 0 Å². The van der Waals surface area contributed by atoms with Crippen LogP contribution < -0.4 is 17.2 Å². The smallest absolute Gasteiger partial charge is 0.293 e. The number of nitrogens with two attached hydrogens (primary N) is 3. The van der Waals surface area contributed by atoms with Gasteiger partial charge in [-0.1, -0.05) is 0 Å². The molecule has 15 heavy (non-hydrogen) atoms. The molecule has 82 valence electrons. The fourth-order valence-electron chi connectivity index (χ4n) is 1.41. The summed E-state index contributed by atoms with van der Waals surface area (Å²) < 4.78 is 4.57. The van der Waals surface area contributed by atoms with Crippen molar-refractivity contribution in [3.05, 3.63) is 17.7 Å². The lowest BCUT2D eigenvalue weighted by atomic mass is 10.0. The highest BCUT2D eigenvalue weighted by atomic mass is 16.5. The van der Waals surface area contributed by atoms with Gasteiger partial charge in [0.05, 0.1) is 6.61 Å². The first-order chi connectivity index (χ1) is 7.15. The number of rotatable bonds is 5. The summed E-state index contributed by atoms with van der Waals surface area (Å²) in [6, 6.07) is 3.35. The van der Waals surface area contributed by atoms with Crippen LogP contribution in [0.3, 0.4) is 0 Å². The van der Waals surface area contributed by atoms with Crippen molar-refractivity contribution in [1.82, 2.24) is 0 Å². The predicted molar refractivity (Wildman–Crippen MR) is 60.0 cm³/mol. The van der Waals surface area contributed by atoms with E-state index in [1.807, 2.05) is 0 Å². The topological polar surface area (TPSA) is 104 Å². The summed E-state index contributed by atoms with van der Waals surface area (Å²) >= 11 is 0. The first-order valence-corrected chi connectivity index (χ1v) is 4.63. The number of ether oxygens (including phenoxy) is 1. The molecule has 0 bridgehead atoms. The normalized spacial score (nSPS) is 9.87. The van der Waals surface area contributed by atoms with E-state index in [1.165, 1.54) is 0 Å². The summed E-state index contributed by atoms with van der Waals surface area (Å²) in [7, 11) is 0. The van der Waals surface area contributed by atoms with Crippen molar-refractivity contribution in [3.8, 4) is 0 Å². The van der Waals surface area contributed by atoms with E-state index in [9.17, 15) is 4.79 Å². The van der Waals surface area contributed by atoms with Crippen molar-refractivity contribution in [3.63, 3.8) is 0 Å². The maximum absolute atomic E-state index is 9.91. The lowest BCUT2D eigenvalue weighted by molar-refractivity contribution is -0.128. The highest BCUT2D eigenvalue weighted by Crippen LogP contribution is 2.24. The first kappa shape index (κ1) is 11.2. The van der Waals surface area contributed by atoms with E-state index in [-0.39, 0.29) is 0 Å². The van der Waals surface area contributed by atoms with Gasteiger partial charge in [0, 0.05) is 17.1 Å². The number of anilines is 3. The Labute approximate surface area is 88.2 Å². The van der Waals surface area contributed by atoms with Crippen LogP contribution in [-0.4, -0.2) is 13.1 Å². The van der Waals surface area contributed by atoms with Gasteiger partial charge in [-0.15, -0.1) is 0 Å². The minimum absolute atomic E-state index is 0.368. The third kappa shape index (κ3) is 3.05. The quantitative estimate of drug-likeness (QED) is 0.373. The summed E-state index contributed by atoms with van der Waals surface area (Å²) in [4.78, 5) is 9.91. The summed E-state index contributed by atoms with van der Waals surface area (Å²) in [6.45, 7) is 0.794. The van der Waals surface area contributed by atoms with Crippen molar-refractivity contribution < 1.29 is 9.53 Å². The molecule has 0 aliphatic rings. The molecule has 0 aliphatic carbocycles. The average Bonchev–Trinajstić information content (AvgIpc) is 2.15. The molecule has 5 heteroatoms. The molecule has 1 aromatic carbocycles. The van der Waals surface area contributed by atoms with Crippen molar-refractivity contribution in [2.75, 3.05) is 23.8 Å². The predicted octanol–water partition coefficient (Wildman–Crippen LogP) is 0.539. The highest BCUT2D eigenvalue weighted by molar-refractivity contribution is 5.68. The van der Waals surface area contributed by atoms with E-state index in [0.717, 1.165) is 5.56 Å². The van der Waals surface area contributed by atoms with Crippen molar-refractivity contribution in [2.24, 2.45) is 0 Å². The van der Waals surface area contributed by atoms with Crippen LogP contribution >= 0.6 is 0 Å². The molecule has 5 nitrogen and oxygen atoms in total. The summed E-state index contributed by atoms with van der Waals surface area (Å²) in [6.07, 6.45) is 1.36. The molecule has 0 spiro atoms. The molecular formula is C10H15N3O2. The number of hydrogen-bond acceptors (Lipinski definition) is 5. The summed E-state index contributed by atoms with van der Waals surface area (Å²) in [5, 5.41) is 0. The van der Waals surface area contributed by atoms with Crippen molar-refractivity contribution >= 4 is 23.5 Å². The van der Waals surface area contributed by atoms with Crippen LogP contribution in [0.4, 0.5) is 17.1 Å². The van der Waals surface area contributed by atoms with Gasteiger partial charge in [-0.3, -0.25) is 4.79 Å². The molecule has 0 saturated heterocycles. The standard InChI is InChI=1S/C10H15N3O2/c11-7-4-9(12)8(10(13)5-7)2-1-3-15-6-14/h4-6H,1-3,11-13H2. The van der Waals surface area contributed by atoms with E-state index >= 15 is 0 Å². The summed E-state index contributed by atoms with van der Waals surface area (Å²) in [5.74, 6) is 0. The largest absolute Gasteiger partial charge is 0.468 e. The Balaban J connectivity index is 2.64. The van der Waals surface area contributed by atoms with Crippen LogP contribution in [0.2, 0.25) is 0 Å². The Kier molecular flexibility index (Phi) is 3.79. The Hall–Kier alpha value is -1.91. The third-order valence-corrected chi connectivity index (χ3v) is 2.10. The van der Waals surface area contributed by atoms with Gasteiger partial charge in [0.15, 0.2) is 0 Å². The molecule has 0 heterocycles. The van der Waals surface area contributed by atoms with Crippen LogP contribution in [0.1, 0.15) is 12.0 Å². The van der Waals surface area contributed by atoms with Crippen LogP contribution in [0.15, 0.2) is 12.1 Å². The van der Waals surface area contributed by atoms with Gasteiger partial charge >= 0.3 is 0 Å². The van der Waals surface area contributed by atoms with Crippen LogP contribution in [0.5, 0.6) is 0 Å². The molecule has 0 amide bonds. The van der Waals surface area contributed by atoms with Gasteiger partial charge in [-0.25, -0.2) is 0 Å². The molecule has 0 radical (unpaired) electrons. The number of benzene rings is 1. The zero-order valence-corrected chi connectivity index (χ0v) is 8.40. The second kappa shape index (κ2) is 5.09. The Bertz CT molecular complexity index is 330. The molecule has 0 atom stereocenters. The lowest BCUT2D eigenvalue weighted by Crippen LogP contribution is -2.04. The van der Waals surface area contributed by atoms with E-state index in [1.54, 1.807) is 12.1 Å². The highest BCUT2D eigenvalue weighted by Gasteiger charge is 2.05. The number of carbonyl (C=O) groups is 1. The second-order valence-electron chi connectivity index (χ2n) is 3.25. The third-order valence-electron chi connectivity index (χ3n) is 2.10. The van der Waals surface area contributed by atoms with Gasteiger partial charge in [0.2, 0.25) is 0 Å². The minimum atomic E-state index is 0.368. The molecule has 1 aromatic rings. The Morgan fingerprint density at radius 3 is 2.33 bits per heavy atom. The molecular weight excluding hydrogens is 194 g/mol. The van der Waals surface area contributed by atoms with Gasteiger partial charge in [0.1, 0.15) is 0 Å². The van der Waals surface area contributed by atoms with Gasteiger partial charge in [0.25, 0.3) is 6.47 Å². The van der Waals surface area contributed by atoms with Gasteiger partial charge in [-0.05, 0) is 30.5 Å². The van der Waals surface area contributed by atoms with E-state index in [0.29, 0.717) is 43.0 Å². The molecule has 6 N–H and O–H groups in total. The molecule has 0 fully saturated rings. The fourth-order valence-corrected chi connectivity index (χ4v) is 1.41. The zero-order chi connectivity index (χ0) is 11.3. The van der Waals surface area contributed by atoms with Crippen molar-refractivity contribution in [2.45, 2.75) is 12.8 Å². The Morgan fingerprint density at radius 1 is 1.20 bits per heavy atom. The number of nitrogen functional groups attached to an aromatic ring is 3. The molecule has 0 saturated carbocycles. The maximum Gasteiger partial charge on any atom is 0.293 e. The van der Waals surface area contributed by atoms with E-state index in [2.05, 4.69) is 4.74 Å². The molecule has 0 aromatic heterocycles. The van der Waals surface area contributed by atoms with E-state index in [4.69, 9.17) is 17.2 Å². The fraction of sp³-hybridized carbons (Fsp3) is 0.300. The number of carbonyl (C=O) groups excluding carboxylic acids is 1. The van der Waals surface area contributed by atoms with E-state index < -0.39 is 0 Å². The van der Waals surface area contributed by atoms with Gasteiger partial charge in [-0.2, -0.15) is 0 Å². The number of hydrogen-bond donors (Lipinski definition) is 3. The molecule has 1 rings (SSSR count). The second-order valence-corrected chi connectivity index (χ2v) is 3.25. The average molecular weight is 209 g/mol. The van der Waals surface area contributed by atoms with Crippen LogP contribution in [-0.2, 0) is 16.0 Å². The van der Waals surface area contributed by atoms with Gasteiger partial charge < -0.3 is 21.9 Å². The SMILES string of the molecule is Nc1cc(N)c(CCCOC=O)c(N)c1. The monoisotopic (exact) mass is 209 g/mol. The maximum atomic E-state index is 9.91. The minimum Gasteiger partial charge on any atom is -0.468 e. The van der Waals surface area contributed by atoms with Crippen LogP contribution in [0.25, 0.3) is 0 Å². The lowest BCUT2D eigenvalue weighted by Gasteiger charge is -2.09. The first-order valence-electron chi connectivity index (χ1n) is 4.63. The zero-order valence-electron chi connectivity index (χ0n) is 8.40. The Morgan fingerprint density at radius 2 is 1.80 bits per heavy atom. The van der Waals surface area contributed by atoms with Crippen LogP contribution in [0, 0.1) is 0 Å². The summed E-state index contributed by atoms with van der Waals surface area (Å²) in [5.41, 5.74) is 19.7. The molecule has 0 aliphatic heterocycles. The molecule has 0 unspecified atom stereocenters.